The number of nitro benzene ring substituents is 1. The summed E-state index contributed by atoms with van der Waals surface area (Å²) in [5, 5.41) is 10.9. The third kappa shape index (κ3) is 3.92. The van der Waals surface area contributed by atoms with E-state index in [0.717, 1.165) is 25.7 Å². The number of hydrogen-bond donors (Lipinski definition) is 0. The molecule has 7 heteroatoms. The Kier molecular flexibility index (Phi) is 5.53. The second kappa shape index (κ2) is 8.26. The number of imide groups is 1. The molecule has 0 unspecified atom stereocenters. The molecule has 0 radical (unpaired) electrons. The number of nitrogens with zero attached hydrogens (tertiary/aromatic N) is 2. The summed E-state index contributed by atoms with van der Waals surface area (Å²) < 4.78 is 5.86. The highest BCUT2D eigenvalue weighted by atomic mass is 16.6. The maximum absolute atomic E-state index is 12.5. The molecule has 2 aliphatic rings. The Morgan fingerprint density at radius 1 is 1.00 bits per heavy atom. The van der Waals surface area contributed by atoms with Gasteiger partial charge in [-0.3, -0.25) is 24.6 Å². The van der Waals surface area contributed by atoms with Gasteiger partial charge in [-0.25, -0.2) is 0 Å². The Morgan fingerprint density at radius 3 is 2.17 bits per heavy atom. The minimum Gasteiger partial charge on any atom is -0.493 e. The number of ether oxygens (including phenoxy) is 1. The van der Waals surface area contributed by atoms with Crippen molar-refractivity contribution in [3.63, 3.8) is 0 Å². The Morgan fingerprint density at radius 2 is 1.60 bits per heavy atom. The van der Waals surface area contributed by atoms with E-state index in [1.54, 1.807) is 43.3 Å². The van der Waals surface area contributed by atoms with Gasteiger partial charge in [0.1, 0.15) is 5.75 Å². The average Bonchev–Trinajstić information content (AvgIpc) is 2.98. The number of fused-ring (bicyclic) bond motifs is 1. The molecule has 1 fully saturated rings. The molecule has 0 aromatic heterocycles. The first-order valence-corrected chi connectivity index (χ1v) is 10.3. The van der Waals surface area contributed by atoms with Crippen LogP contribution in [0.2, 0.25) is 0 Å². The first kappa shape index (κ1) is 20.1. The van der Waals surface area contributed by atoms with Crippen LogP contribution < -0.4 is 4.74 Å². The van der Waals surface area contributed by atoms with Crippen molar-refractivity contribution >= 4 is 17.5 Å². The van der Waals surface area contributed by atoms with Gasteiger partial charge in [-0.1, -0.05) is 12.1 Å². The van der Waals surface area contributed by atoms with Crippen molar-refractivity contribution in [2.45, 2.75) is 32.6 Å². The molecule has 4 rings (SSSR count). The van der Waals surface area contributed by atoms with Crippen molar-refractivity contribution in [1.29, 1.82) is 0 Å². The predicted octanol–water partition coefficient (Wildman–Crippen LogP) is 4.38. The summed E-state index contributed by atoms with van der Waals surface area (Å²) in [6.07, 6.45) is 3.83. The molecule has 2 aromatic carbocycles. The number of benzene rings is 2. The molecule has 156 valence electrons. The first-order valence-electron chi connectivity index (χ1n) is 10.3. The van der Waals surface area contributed by atoms with Gasteiger partial charge in [-0.15, -0.1) is 0 Å². The molecular formula is C23H24N2O5. The molecule has 2 aromatic rings. The number of aryl methyl sites for hydroxylation is 1. The van der Waals surface area contributed by atoms with Gasteiger partial charge in [0.25, 0.3) is 17.5 Å². The molecule has 1 aliphatic heterocycles. The Bertz CT molecular complexity index is 960. The molecule has 0 spiro atoms. The molecule has 0 bridgehead atoms. The van der Waals surface area contributed by atoms with Crippen LogP contribution in [0.5, 0.6) is 5.75 Å². The van der Waals surface area contributed by atoms with Crippen molar-refractivity contribution in [2.24, 2.45) is 11.8 Å². The van der Waals surface area contributed by atoms with E-state index >= 15 is 0 Å². The van der Waals surface area contributed by atoms with Crippen LogP contribution >= 0.6 is 0 Å². The molecule has 0 N–H and O–H groups in total. The summed E-state index contributed by atoms with van der Waals surface area (Å²) >= 11 is 0. The van der Waals surface area contributed by atoms with Gasteiger partial charge in [0.15, 0.2) is 0 Å². The molecular weight excluding hydrogens is 384 g/mol. The minimum atomic E-state index is -0.394. The van der Waals surface area contributed by atoms with Crippen molar-refractivity contribution in [2.75, 3.05) is 13.2 Å². The van der Waals surface area contributed by atoms with E-state index in [0.29, 0.717) is 47.4 Å². The summed E-state index contributed by atoms with van der Waals surface area (Å²) in [7, 11) is 0. The summed E-state index contributed by atoms with van der Waals surface area (Å²) in [4.78, 5) is 37.0. The van der Waals surface area contributed by atoms with Crippen molar-refractivity contribution in [3.8, 4) is 5.75 Å². The maximum Gasteiger partial charge on any atom is 0.272 e. The zero-order chi connectivity index (χ0) is 21.3. The molecule has 1 saturated carbocycles. The summed E-state index contributed by atoms with van der Waals surface area (Å²) in [5.41, 5.74) is 1.68. The third-order valence-electron chi connectivity index (χ3n) is 6.14. The lowest BCUT2D eigenvalue weighted by atomic mass is 9.82. The second-order valence-corrected chi connectivity index (χ2v) is 8.17. The highest BCUT2D eigenvalue weighted by molar-refractivity contribution is 6.21. The number of nitro groups is 1. The number of rotatable bonds is 6. The topological polar surface area (TPSA) is 89.8 Å². The highest BCUT2D eigenvalue weighted by Crippen LogP contribution is 2.32. The third-order valence-corrected chi connectivity index (χ3v) is 6.14. The van der Waals surface area contributed by atoms with Gasteiger partial charge in [0.2, 0.25) is 0 Å². The van der Waals surface area contributed by atoms with E-state index in [1.165, 1.54) is 11.0 Å². The quantitative estimate of drug-likeness (QED) is 0.402. The molecule has 1 heterocycles. The molecule has 1 aliphatic carbocycles. The van der Waals surface area contributed by atoms with Gasteiger partial charge in [-0.05, 0) is 68.7 Å². The van der Waals surface area contributed by atoms with Crippen LogP contribution in [0.4, 0.5) is 5.69 Å². The zero-order valence-corrected chi connectivity index (χ0v) is 16.9. The van der Waals surface area contributed by atoms with E-state index in [9.17, 15) is 19.7 Å². The Balaban J connectivity index is 1.27. The monoisotopic (exact) mass is 408 g/mol. The predicted molar refractivity (Wildman–Crippen MR) is 111 cm³/mol. The second-order valence-electron chi connectivity index (χ2n) is 8.17. The fourth-order valence-corrected chi connectivity index (χ4v) is 4.38. The van der Waals surface area contributed by atoms with Gasteiger partial charge < -0.3 is 4.74 Å². The van der Waals surface area contributed by atoms with Crippen LogP contribution in [0.25, 0.3) is 0 Å². The highest BCUT2D eigenvalue weighted by Gasteiger charge is 2.37. The van der Waals surface area contributed by atoms with Crippen LogP contribution in [0.1, 0.15) is 52.0 Å². The van der Waals surface area contributed by atoms with E-state index in [2.05, 4.69) is 0 Å². The molecule has 2 amide bonds. The van der Waals surface area contributed by atoms with Crippen LogP contribution in [-0.4, -0.2) is 34.8 Å². The van der Waals surface area contributed by atoms with Crippen LogP contribution in [-0.2, 0) is 0 Å². The number of carbonyl (C=O) groups is 2. The normalized spacial score (nSPS) is 20.9. The zero-order valence-electron chi connectivity index (χ0n) is 16.9. The summed E-state index contributed by atoms with van der Waals surface area (Å²) in [6.45, 7) is 2.74. The standard InChI is InChI=1S/C23H24N2O5/c1-15-12-18(10-11-21(15)25(28)29)30-14-17-8-6-16(7-9-17)13-24-22(26)19-4-2-3-5-20(19)23(24)27/h2-5,10-12,16-17H,6-9,13-14H2,1H3. The summed E-state index contributed by atoms with van der Waals surface area (Å²) in [5.74, 6) is 0.986. The molecule has 0 saturated heterocycles. The Labute approximate surface area is 174 Å². The van der Waals surface area contributed by atoms with E-state index in [-0.39, 0.29) is 17.5 Å². The lowest BCUT2D eigenvalue weighted by Gasteiger charge is -2.30. The van der Waals surface area contributed by atoms with E-state index in [4.69, 9.17) is 4.74 Å². The largest absolute Gasteiger partial charge is 0.493 e. The lowest BCUT2D eigenvalue weighted by molar-refractivity contribution is -0.385. The fourth-order valence-electron chi connectivity index (χ4n) is 4.38. The van der Waals surface area contributed by atoms with Gasteiger partial charge in [-0.2, -0.15) is 0 Å². The van der Waals surface area contributed by atoms with Crippen molar-refractivity contribution < 1.29 is 19.2 Å². The van der Waals surface area contributed by atoms with Crippen LogP contribution in [0, 0.1) is 28.9 Å². The first-order chi connectivity index (χ1) is 14.4. The van der Waals surface area contributed by atoms with E-state index in [1.807, 2.05) is 0 Å². The number of carbonyl (C=O) groups excluding carboxylic acids is 2. The van der Waals surface area contributed by atoms with Gasteiger partial charge in [0, 0.05) is 18.2 Å². The van der Waals surface area contributed by atoms with Crippen molar-refractivity contribution in [1.82, 2.24) is 4.90 Å². The Hall–Kier alpha value is -3.22. The number of amides is 2. The molecule has 7 nitrogen and oxygen atoms in total. The van der Waals surface area contributed by atoms with E-state index < -0.39 is 4.92 Å². The maximum atomic E-state index is 12.5. The SMILES string of the molecule is Cc1cc(OCC2CCC(CN3C(=O)c4ccccc4C3=O)CC2)ccc1[N+](=O)[O-]. The average molecular weight is 408 g/mol. The van der Waals surface area contributed by atoms with Gasteiger partial charge in [0.05, 0.1) is 22.7 Å². The van der Waals surface area contributed by atoms with Crippen LogP contribution in [0.15, 0.2) is 42.5 Å². The summed E-state index contributed by atoms with van der Waals surface area (Å²) in [6, 6.07) is 11.8. The molecule has 30 heavy (non-hydrogen) atoms. The smallest absolute Gasteiger partial charge is 0.272 e. The fraction of sp³-hybridized carbons (Fsp3) is 0.391. The van der Waals surface area contributed by atoms with Crippen molar-refractivity contribution in [3.05, 3.63) is 69.3 Å². The van der Waals surface area contributed by atoms with Crippen LogP contribution in [0.3, 0.4) is 0 Å². The lowest BCUT2D eigenvalue weighted by Crippen LogP contribution is -2.36. The van der Waals surface area contributed by atoms with Gasteiger partial charge >= 0.3 is 0 Å². The number of hydrogen-bond acceptors (Lipinski definition) is 5. The minimum absolute atomic E-state index is 0.0935. The molecule has 0 atom stereocenters.